The smallest absolute Gasteiger partial charge is 0.342 e. The van der Waals surface area contributed by atoms with Crippen LogP contribution < -0.4 is 4.72 Å². The summed E-state index contributed by atoms with van der Waals surface area (Å²) in [5.74, 6) is -0.175. The maximum absolute atomic E-state index is 12.9. The van der Waals surface area contributed by atoms with Crippen LogP contribution in [0.1, 0.15) is 22.8 Å². The van der Waals surface area contributed by atoms with E-state index in [1.807, 2.05) is 30.3 Å². The fourth-order valence-corrected chi connectivity index (χ4v) is 4.61. The van der Waals surface area contributed by atoms with Crippen molar-refractivity contribution in [3.63, 3.8) is 0 Å². The molecule has 8 heteroatoms. The number of anilines is 1. The molecule has 0 aliphatic rings. The Balaban J connectivity index is 1.80. The molecular weight excluding hydrogens is 450 g/mol. The van der Waals surface area contributed by atoms with E-state index in [2.05, 4.69) is 4.72 Å². The molecule has 4 aromatic rings. The number of halogens is 1. The maximum Gasteiger partial charge on any atom is 0.342 e. The second-order valence-corrected chi connectivity index (χ2v) is 9.21. The zero-order valence-electron chi connectivity index (χ0n) is 17.4. The van der Waals surface area contributed by atoms with E-state index in [9.17, 15) is 13.2 Å². The van der Waals surface area contributed by atoms with E-state index in [4.69, 9.17) is 20.8 Å². The highest BCUT2D eigenvalue weighted by molar-refractivity contribution is 7.92. The van der Waals surface area contributed by atoms with Gasteiger partial charge in [-0.15, -0.1) is 0 Å². The van der Waals surface area contributed by atoms with Gasteiger partial charge in [-0.05, 0) is 55.8 Å². The Labute approximate surface area is 190 Å². The van der Waals surface area contributed by atoms with Crippen molar-refractivity contribution in [2.24, 2.45) is 0 Å². The monoisotopic (exact) mass is 469 g/mol. The van der Waals surface area contributed by atoms with Crippen LogP contribution in [0.4, 0.5) is 5.69 Å². The molecule has 6 nitrogen and oxygen atoms in total. The Kier molecular flexibility index (Phi) is 5.95. The van der Waals surface area contributed by atoms with Crippen molar-refractivity contribution in [3.05, 3.63) is 82.9 Å². The molecule has 164 valence electrons. The molecule has 0 fully saturated rings. The second-order valence-electron chi connectivity index (χ2n) is 7.12. The van der Waals surface area contributed by atoms with Gasteiger partial charge in [0.25, 0.3) is 10.0 Å². The fraction of sp³-hybridized carbons (Fsp3) is 0.125. The number of benzene rings is 3. The number of rotatable bonds is 6. The number of nitrogens with one attached hydrogen (secondary N) is 1. The number of aryl methyl sites for hydroxylation is 1. The number of carbonyl (C=O) groups excluding carboxylic acids is 1. The lowest BCUT2D eigenvalue weighted by atomic mass is 10.1. The van der Waals surface area contributed by atoms with Crippen molar-refractivity contribution in [3.8, 4) is 11.3 Å². The van der Waals surface area contributed by atoms with Crippen molar-refractivity contribution in [2.75, 3.05) is 11.3 Å². The van der Waals surface area contributed by atoms with Crippen LogP contribution in [0.2, 0.25) is 5.02 Å². The summed E-state index contributed by atoms with van der Waals surface area (Å²) >= 11 is 6.01. The van der Waals surface area contributed by atoms with E-state index in [-0.39, 0.29) is 22.8 Å². The maximum atomic E-state index is 12.9. The number of ether oxygens (including phenoxy) is 1. The quantitative estimate of drug-likeness (QED) is 0.348. The molecule has 3 aromatic carbocycles. The van der Waals surface area contributed by atoms with Crippen LogP contribution in [0.5, 0.6) is 0 Å². The second kappa shape index (κ2) is 8.68. The van der Waals surface area contributed by atoms with Crippen LogP contribution in [0, 0.1) is 6.92 Å². The summed E-state index contributed by atoms with van der Waals surface area (Å²) in [5, 5.41) is 0.936. The number of hydrogen-bond donors (Lipinski definition) is 1. The van der Waals surface area contributed by atoms with Gasteiger partial charge in [0.05, 0.1) is 11.5 Å². The van der Waals surface area contributed by atoms with E-state index >= 15 is 0 Å². The molecule has 0 spiro atoms. The van der Waals surface area contributed by atoms with E-state index in [0.717, 1.165) is 0 Å². The molecule has 0 saturated heterocycles. The third-order valence-corrected chi connectivity index (χ3v) is 6.70. The van der Waals surface area contributed by atoms with Gasteiger partial charge in [-0.1, -0.05) is 41.9 Å². The number of sulfonamides is 1. The van der Waals surface area contributed by atoms with E-state index in [1.54, 1.807) is 32.0 Å². The normalized spacial score (nSPS) is 11.5. The SMILES string of the molecule is CCOC(=O)c1c(-c2ccccc2)oc2ccc(NS(=O)(=O)c3ccc(Cl)c(C)c3)cc12. The van der Waals surface area contributed by atoms with Crippen molar-refractivity contribution in [1.82, 2.24) is 0 Å². The summed E-state index contributed by atoms with van der Waals surface area (Å²) in [6.07, 6.45) is 0. The zero-order valence-corrected chi connectivity index (χ0v) is 19.0. The number of carbonyl (C=O) groups is 1. The molecule has 0 bridgehead atoms. The van der Waals surface area contributed by atoms with Gasteiger partial charge < -0.3 is 9.15 Å². The van der Waals surface area contributed by atoms with Gasteiger partial charge in [0.1, 0.15) is 16.9 Å². The van der Waals surface area contributed by atoms with Crippen LogP contribution >= 0.6 is 11.6 Å². The average molecular weight is 470 g/mol. The zero-order chi connectivity index (χ0) is 22.9. The largest absolute Gasteiger partial charge is 0.462 e. The molecular formula is C24H20ClNO5S. The lowest BCUT2D eigenvalue weighted by Gasteiger charge is -2.09. The Morgan fingerprint density at radius 1 is 1.06 bits per heavy atom. The summed E-state index contributed by atoms with van der Waals surface area (Å²) in [6.45, 7) is 3.65. The lowest BCUT2D eigenvalue weighted by molar-refractivity contribution is 0.0528. The minimum atomic E-state index is -3.87. The van der Waals surface area contributed by atoms with Crippen molar-refractivity contribution < 1.29 is 22.4 Å². The Morgan fingerprint density at radius 2 is 1.81 bits per heavy atom. The van der Waals surface area contributed by atoms with Gasteiger partial charge in [0.15, 0.2) is 0 Å². The molecule has 4 rings (SSSR count). The number of hydrogen-bond acceptors (Lipinski definition) is 5. The third-order valence-electron chi connectivity index (χ3n) is 4.90. The fourth-order valence-electron chi connectivity index (χ4n) is 3.36. The highest BCUT2D eigenvalue weighted by atomic mass is 35.5. The van der Waals surface area contributed by atoms with Gasteiger partial charge in [0.2, 0.25) is 0 Å². The standard InChI is InChI=1S/C24H20ClNO5S/c1-3-30-24(27)22-19-14-17(26-32(28,29)18-10-11-20(25)15(2)13-18)9-12-21(19)31-23(22)16-7-5-4-6-8-16/h4-14,26H,3H2,1-2H3. The topological polar surface area (TPSA) is 85.6 Å². The third kappa shape index (κ3) is 4.22. The van der Waals surface area contributed by atoms with E-state index in [1.165, 1.54) is 18.2 Å². The van der Waals surface area contributed by atoms with Gasteiger partial charge in [0, 0.05) is 21.7 Å². The van der Waals surface area contributed by atoms with E-state index < -0.39 is 16.0 Å². The predicted molar refractivity (Wildman–Crippen MR) is 125 cm³/mol. The van der Waals surface area contributed by atoms with Crippen LogP contribution in [-0.2, 0) is 14.8 Å². The highest BCUT2D eigenvalue weighted by Gasteiger charge is 2.24. The average Bonchev–Trinajstić information content (AvgIpc) is 3.15. The number of furan rings is 1. The van der Waals surface area contributed by atoms with Gasteiger partial charge >= 0.3 is 5.97 Å². The summed E-state index contributed by atoms with van der Waals surface area (Å²) < 4.78 is 39.5. The first-order valence-corrected chi connectivity index (χ1v) is 11.7. The summed E-state index contributed by atoms with van der Waals surface area (Å²) in [7, 11) is -3.87. The molecule has 0 radical (unpaired) electrons. The van der Waals surface area contributed by atoms with Crippen molar-refractivity contribution in [1.29, 1.82) is 0 Å². The highest BCUT2D eigenvalue weighted by Crippen LogP contribution is 2.36. The first-order chi connectivity index (χ1) is 15.3. The molecule has 1 heterocycles. The first-order valence-electron chi connectivity index (χ1n) is 9.88. The number of fused-ring (bicyclic) bond motifs is 1. The summed E-state index contributed by atoms with van der Waals surface area (Å²) in [6, 6.07) is 18.4. The van der Waals surface area contributed by atoms with Gasteiger partial charge in [-0.2, -0.15) is 0 Å². The molecule has 32 heavy (non-hydrogen) atoms. The molecule has 1 N–H and O–H groups in total. The van der Waals surface area contributed by atoms with Crippen LogP contribution in [-0.4, -0.2) is 21.0 Å². The first kappa shape index (κ1) is 21.9. The van der Waals surface area contributed by atoms with Crippen molar-refractivity contribution in [2.45, 2.75) is 18.7 Å². The molecule has 0 saturated carbocycles. The van der Waals surface area contributed by atoms with Crippen LogP contribution in [0.15, 0.2) is 76.0 Å². The predicted octanol–water partition coefficient (Wildman–Crippen LogP) is 6.04. The van der Waals surface area contributed by atoms with Crippen molar-refractivity contribution >= 4 is 44.3 Å². The van der Waals surface area contributed by atoms with Crippen LogP contribution in [0.3, 0.4) is 0 Å². The molecule has 1 aromatic heterocycles. The molecule has 0 amide bonds. The van der Waals surface area contributed by atoms with Gasteiger partial charge in [-0.25, -0.2) is 13.2 Å². The molecule has 0 atom stereocenters. The molecule has 0 aliphatic heterocycles. The number of esters is 1. The van der Waals surface area contributed by atoms with Crippen LogP contribution in [0.25, 0.3) is 22.3 Å². The minimum absolute atomic E-state index is 0.0854. The Hall–Kier alpha value is -3.29. The van der Waals surface area contributed by atoms with E-state index in [0.29, 0.717) is 32.9 Å². The Bertz CT molecular complexity index is 1410. The molecule has 0 aliphatic carbocycles. The van der Waals surface area contributed by atoms with Gasteiger partial charge in [-0.3, -0.25) is 4.72 Å². The summed E-state index contributed by atoms with van der Waals surface area (Å²) in [4.78, 5) is 12.9. The lowest BCUT2D eigenvalue weighted by Crippen LogP contribution is -2.13. The summed E-state index contributed by atoms with van der Waals surface area (Å²) in [5.41, 5.74) is 2.34. The molecule has 0 unspecified atom stereocenters. The minimum Gasteiger partial charge on any atom is -0.462 e. The Morgan fingerprint density at radius 3 is 2.50 bits per heavy atom.